The number of allylic oxidation sites excluding steroid dienone is 2. The molecule has 0 N–H and O–H groups in total. The number of hydrogen-bond donors (Lipinski definition) is 0. The van der Waals surface area contributed by atoms with E-state index in [0.717, 1.165) is 37.5 Å². The smallest absolute Gasteiger partial charge is 0.465 e. The summed E-state index contributed by atoms with van der Waals surface area (Å²) < 4.78 is 65.7. The molecular weight excluding hydrogens is 454 g/mol. The first-order chi connectivity index (χ1) is 13.1. The molecule has 1 aromatic carbocycles. The summed E-state index contributed by atoms with van der Waals surface area (Å²) >= 11 is 3.02. The van der Waals surface area contributed by atoms with Crippen LogP contribution in [0.1, 0.15) is 0 Å². The van der Waals surface area contributed by atoms with Crippen LogP contribution in [0.3, 0.4) is 0 Å². The van der Waals surface area contributed by atoms with Gasteiger partial charge in [-0.2, -0.15) is 0 Å². The lowest BCUT2D eigenvalue weighted by atomic mass is 10.1. The predicted molar refractivity (Wildman–Crippen MR) is 92.6 cm³/mol. The minimum atomic E-state index is -5.22. The SMILES string of the molecule is COC(=O)C1=C(C(=O)OC)N(c2c(Br)ccc(F)c2OC(F)(F)F)C=CC=C1. The summed E-state index contributed by atoms with van der Waals surface area (Å²) in [5.74, 6) is -4.59. The van der Waals surface area contributed by atoms with Crippen molar-refractivity contribution in [1.82, 2.24) is 0 Å². The van der Waals surface area contributed by atoms with E-state index >= 15 is 0 Å². The van der Waals surface area contributed by atoms with Crippen LogP contribution in [0.15, 0.2) is 52.3 Å². The first-order valence-electron chi connectivity index (χ1n) is 7.39. The summed E-state index contributed by atoms with van der Waals surface area (Å²) in [4.78, 5) is 25.3. The van der Waals surface area contributed by atoms with Crippen LogP contribution < -0.4 is 9.64 Å². The van der Waals surface area contributed by atoms with E-state index < -0.39 is 41.3 Å². The van der Waals surface area contributed by atoms with Crippen molar-refractivity contribution in [3.05, 3.63) is 58.1 Å². The number of nitrogens with zero attached hydrogens (tertiary/aromatic N) is 1. The molecule has 1 aromatic rings. The van der Waals surface area contributed by atoms with Gasteiger partial charge in [0.15, 0.2) is 11.6 Å². The monoisotopic (exact) mass is 465 g/mol. The number of alkyl halides is 3. The van der Waals surface area contributed by atoms with Gasteiger partial charge in [-0.3, -0.25) is 0 Å². The number of methoxy groups -OCH3 is 2. The maximum Gasteiger partial charge on any atom is 0.573 e. The normalized spacial score (nSPS) is 14.0. The first-order valence-corrected chi connectivity index (χ1v) is 8.18. The Hall–Kier alpha value is -2.82. The minimum absolute atomic E-state index is 0.0506. The zero-order valence-corrected chi connectivity index (χ0v) is 15.9. The van der Waals surface area contributed by atoms with Gasteiger partial charge in [0, 0.05) is 10.7 Å². The molecule has 1 aliphatic heterocycles. The number of esters is 2. The maximum atomic E-state index is 14.2. The molecule has 0 saturated carbocycles. The van der Waals surface area contributed by atoms with Gasteiger partial charge in [0.25, 0.3) is 0 Å². The number of benzene rings is 1. The number of hydrogen-bond acceptors (Lipinski definition) is 6. The Kier molecular flexibility index (Phi) is 6.49. The van der Waals surface area contributed by atoms with Crippen LogP contribution in [0, 0.1) is 5.82 Å². The zero-order valence-electron chi connectivity index (χ0n) is 14.3. The summed E-state index contributed by atoms with van der Waals surface area (Å²) in [6.45, 7) is 0. The largest absolute Gasteiger partial charge is 0.573 e. The molecule has 0 saturated heterocycles. The van der Waals surface area contributed by atoms with E-state index in [2.05, 4.69) is 30.1 Å². The molecule has 0 amide bonds. The van der Waals surface area contributed by atoms with E-state index in [1.807, 2.05) is 0 Å². The van der Waals surface area contributed by atoms with Crippen molar-refractivity contribution in [2.75, 3.05) is 19.1 Å². The third-order valence-corrected chi connectivity index (χ3v) is 4.02. The molecule has 0 fully saturated rings. The van der Waals surface area contributed by atoms with Gasteiger partial charge in [0.1, 0.15) is 11.4 Å². The highest BCUT2D eigenvalue weighted by Crippen LogP contribution is 2.43. The molecule has 6 nitrogen and oxygen atoms in total. The van der Waals surface area contributed by atoms with Crippen molar-refractivity contribution in [2.24, 2.45) is 0 Å². The van der Waals surface area contributed by atoms with Crippen molar-refractivity contribution in [2.45, 2.75) is 6.36 Å². The van der Waals surface area contributed by atoms with E-state index in [4.69, 9.17) is 0 Å². The number of rotatable bonds is 4. The summed E-state index contributed by atoms with van der Waals surface area (Å²) in [5.41, 5.74) is -1.34. The van der Waals surface area contributed by atoms with Crippen LogP contribution in [0.4, 0.5) is 23.2 Å². The van der Waals surface area contributed by atoms with Crippen molar-refractivity contribution in [3.8, 4) is 5.75 Å². The Morgan fingerprint density at radius 1 is 1.07 bits per heavy atom. The Bertz CT molecular complexity index is 892. The topological polar surface area (TPSA) is 65.1 Å². The second kappa shape index (κ2) is 8.46. The molecule has 1 heterocycles. The highest BCUT2D eigenvalue weighted by molar-refractivity contribution is 9.10. The number of ether oxygens (including phenoxy) is 3. The van der Waals surface area contributed by atoms with Crippen LogP contribution >= 0.6 is 15.9 Å². The van der Waals surface area contributed by atoms with E-state index in [9.17, 15) is 27.2 Å². The molecule has 0 spiro atoms. The first kappa shape index (κ1) is 21.5. The molecule has 28 heavy (non-hydrogen) atoms. The molecule has 0 atom stereocenters. The zero-order chi connectivity index (χ0) is 21.1. The van der Waals surface area contributed by atoms with Crippen LogP contribution in [0.2, 0.25) is 0 Å². The Labute approximate surface area is 164 Å². The van der Waals surface area contributed by atoms with Gasteiger partial charge in [-0.1, -0.05) is 6.08 Å². The standard InChI is InChI=1S/C17H12BrF4NO5/c1-26-15(24)9-5-3-4-8-23(12(9)16(25)27-2)13-10(18)6-7-11(19)14(13)28-17(20,21)22/h3-8H,1-2H3. The Morgan fingerprint density at radius 2 is 1.71 bits per heavy atom. The average molecular weight is 466 g/mol. The summed E-state index contributed by atoms with van der Waals surface area (Å²) in [6.07, 6.45) is -0.224. The lowest BCUT2D eigenvalue weighted by molar-refractivity contribution is -0.275. The minimum Gasteiger partial charge on any atom is -0.465 e. The molecule has 0 aromatic heterocycles. The van der Waals surface area contributed by atoms with E-state index in [1.54, 1.807) is 0 Å². The fourth-order valence-corrected chi connectivity index (χ4v) is 2.80. The summed E-state index contributed by atoms with van der Waals surface area (Å²) in [5, 5.41) is 0. The maximum absolute atomic E-state index is 14.2. The summed E-state index contributed by atoms with van der Waals surface area (Å²) in [7, 11) is 2.06. The van der Waals surface area contributed by atoms with Gasteiger partial charge in [0.05, 0.1) is 19.8 Å². The summed E-state index contributed by atoms with van der Waals surface area (Å²) in [6, 6.07) is 1.87. The van der Waals surface area contributed by atoms with E-state index in [-0.39, 0.29) is 10.0 Å². The van der Waals surface area contributed by atoms with Gasteiger partial charge in [-0.05, 0) is 40.2 Å². The molecule has 0 bridgehead atoms. The Morgan fingerprint density at radius 3 is 2.29 bits per heavy atom. The molecule has 150 valence electrons. The van der Waals surface area contributed by atoms with Crippen LogP contribution in [0.25, 0.3) is 0 Å². The second-order valence-electron chi connectivity index (χ2n) is 5.07. The van der Waals surface area contributed by atoms with Crippen molar-refractivity contribution < 1.29 is 41.4 Å². The third kappa shape index (κ3) is 4.53. The number of carbonyl (C=O) groups is 2. The van der Waals surface area contributed by atoms with Crippen molar-refractivity contribution in [1.29, 1.82) is 0 Å². The molecule has 2 rings (SSSR count). The average Bonchev–Trinajstić information content (AvgIpc) is 2.85. The lowest BCUT2D eigenvalue weighted by Crippen LogP contribution is -2.28. The van der Waals surface area contributed by atoms with E-state index in [1.165, 1.54) is 18.2 Å². The number of carbonyl (C=O) groups excluding carboxylic acids is 2. The molecule has 0 aliphatic carbocycles. The number of halogens is 5. The fourth-order valence-electron chi connectivity index (χ4n) is 2.30. The number of anilines is 1. The van der Waals surface area contributed by atoms with Crippen LogP contribution in [-0.4, -0.2) is 32.5 Å². The van der Waals surface area contributed by atoms with Gasteiger partial charge in [-0.15, -0.1) is 13.2 Å². The van der Waals surface area contributed by atoms with Crippen LogP contribution in [0.5, 0.6) is 5.75 Å². The highest BCUT2D eigenvalue weighted by atomic mass is 79.9. The molecule has 0 unspecified atom stereocenters. The predicted octanol–water partition coefficient (Wildman–Crippen LogP) is 3.98. The third-order valence-electron chi connectivity index (χ3n) is 3.38. The van der Waals surface area contributed by atoms with Crippen molar-refractivity contribution >= 4 is 33.6 Å². The quantitative estimate of drug-likeness (QED) is 0.495. The molecule has 0 radical (unpaired) electrons. The fraction of sp³-hybridized carbons (Fsp3) is 0.176. The second-order valence-corrected chi connectivity index (χ2v) is 5.93. The van der Waals surface area contributed by atoms with Gasteiger partial charge < -0.3 is 19.1 Å². The van der Waals surface area contributed by atoms with E-state index in [0.29, 0.717) is 0 Å². The van der Waals surface area contributed by atoms with Gasteiger partial charge >= 0.3 is 18.3 Å². The van der Waals surface area contributed by atoms with Gasteiger partial charge in [-0.25, -0.2) is 14.0 Å². The lowest BCUT2D eigenvalue weighted by Gasteiger charge is -2.26. The van der Waals surface area contributed by atoms with Gasteiger partial charge in [0.2, 0.25) is 0 Å². The molecule has 11 heteroatoms. The van der Waals surface area contributed by atoms with Crippen molar-refractivity contribution in [3.63, 3.8) is 0 Å². The molecular formula is C17H12BrF4NO5. The Balaban J connectivity index is 2.82. The highest BCUT2D eigenvalue weighted by Gasteiger charge is 2.37. The molecule has 1 aliphatic rings. The van der Waals surface area contributed by atoms with Crippen LogP contribution in [-0.2, 0) is 19.1 Å².